The van der Waals surface area contributed by atoms with Gasteiger partial charge in [0, 0.05) is 16.5 Å². The molecule has 0 unspecified atom stereocenters. The van der Waals surface area contributed by atoms with Crippen molar-refractivity contribution < 1.29 is 9.94 Å². The molecular weight excluding hydrogens is 276 g/mol. The van der Waals surface area contributed by atoms with Crippen molar-refractivity contribution in [1.29, 1.82) is 0 Å². The number of nitrogens with two attached hydrogens (primary N) is 1. The molecule has 3 N–H and O–H groups in total. The standard InChI is InChI=1S/C18H16N2O2/c19-18(20-21)16-10-4-2-7-14(16)12-22-17-11-5-8-13-6-1-3-9-15(13)17/h1-11,21H,12H2,(H2,19,20). The fourth-order valence-corrected chi connectivity index (χ4v) is 2.43. The number of oxime groups is 1. The van der Waals surface area contributed by atoms with E-state index in [1.54, 1.807) is 6.07 Å². The molecule has 0 aliphatic rings. The van der Waals surface area contributed by atoms with Gasteiger partial charge in [0.05, 0.1) is 0 Å². The molecule has 0 aliphatic heterocycles. The molecule has 4 heteroatoms. The Morgan fingerprint density at radius 1 is 0.955 bits per heavy atom. The number of rotatable bonds is 4. The van der Waals surface area contributed by atoms with Crippen LogP contribution in [0.4, 0.5) is 0 Å². The summed E-state index contributed by atoms with van der Waals surface area (Å²) in [6.45, 7) is 0.348. The van der Waals surface area contributed by atoms with Crippen LogP contribution in [-0.4, -0.2) is 11.0 Å². The number of nitrogens with zero attached hydrogens (tertiary/aromatic N) is 1. The summed E-state index contributed by atoms with van der Waals surface area (Å²) in [7, 11) is 0. The van der Waals surface area contributed by atoms with Gasteiger partial charge < -0.3 is 15.7 Å². The molecule has 0 aliphatic carbocycles. The minimum Gasteiger partial charge on any atom is -0.488 e. The van der Waals surface area contributed by atoms with Crippen LogP contribution in [0, 0.1) is 0 Å². The second kappa shape index (κ2) is 6.18. The van der Waals surface area contributed by atoms with Gasteiger partial charge >= 0.3 is 0 Å². The van der Waals surface area contributed by atoms with E-state index in [0.29, 0.717) is 12.2 Å². The Bertz CT molecular complexity index is 823. The van der Waals surface area contributed by atoms with Gasteiger partial charge in [0.2, 0.25) is 0 Å². The first-order valence-corrected chi connectivity index (χ1v) is 6.96. The highest BCUT2D eigenvalue weighted by Gasteiger charge is 2.08. The van der Waals surface area contributed by atoms with E-state index in [-0.39, 0.29) is 5.84 Å². The van der Waals surface area contributed by atoms with E-state index in [1.165, 1.54) is 0 Å². The predicted octanol–water partition coefficient (Wildman–Crippen LogP) is 3.51. The van der Waals surface area contributed by atoms with Gasteiger partial charge in [-0.1, -0.05) is 65.8 Å². The number of benzene rings is 3. The molecular formula is C18H16N2O2. The van der Waals surface area contributed by atoms with E-state index < -0.39 is 0 Å². The van der Waals surface area contributed by atoms with Crippen LogP contribution in [0.25, 0.3) is 10.8 Å². The third kappa shape index (κ3) is 2.72. The molecule has 110 valence electrons. The first-order chi connectivity index (χ1) is 10.8. The SMILES string of the molecule is N/C(=N\O)c1ccccc1COc1cccc2ccccc12. The molecule has 0 radical (unpaired) electrons. The van der Waals surface area contributed by atoms with Crippen LogP contribution in [-0.2, 0) is 6.61 Å². The van der Waals surface area contributed by atoms with E-state index >= 15 is 0 Å². The van der Waals surface area contributed by atoms with Crippen LogP contribution in [0.1, 0.15) is 11.1 Å². The van der Waals surface area contributed by atoms with Crippen LogP contribution < -0.4 is 10.5 Å². The Labute approximate surface area is 128 Å². The molecule has 3 rings (SSSR count). The lowest BCUT2D eigenvalue weighted by Crippen LogP contribution is -2.16. The highest BCUT2D eigenvalue weighted by Crippen LogP contribution is 2.26. The summed E-state index contributed by atoms with van der Waals surface area (Å²) in [6.07, 6.45) is 0. The average Bonchev–Trinajstić information content (AvgIpc) is 2.59. The fourth-order valence-electron chi connectivity index (χ4n) is 2.43. The zero-order chi connectivity index (χ0) is 15.4. The molecule has 0 heterocycles. The number of amidine groups is 1. The molecule has 0 amide bonds. The van der Waals surface area contributed by atoms with Gasteiger partial charge in [0.1, 0.15) is 12.4 Å². The van der Waals surface area contributed by atoms with Gasteiger partial charge in [-0.15, -0.1) is 0 Å². The lowest BCUT2D eigenvalue weighted by molar-refractivity contribution is 0.308. The van der Waals surface area contributed by atoms with Crippen LogP contribution in [0.15, 0.2) is 71.9 Å². The van der Waals surface area contributed by atoms with Gasteiger partial charge in [-0.05, 0) is 11.5 Å². The molecule has 0 bridgehead atoms. The van der Waals surface area contributed by atoms with Crippen molar-refractivity contribution in [2.75, 3.05) is 0 Å². The van der Waals surface area contributed by atoms with E-state index in [0.717, 1.165) is 22.1 Å². The van der Waals surface area contributed by atoms with Gasteiger partial charge in [0.25, 0.3) is 0 Å². The van der Waals surface area contributed by atoms with Crippen molar-refractivity contribution >= 4 is 16.6 Å². The van der Waals surface area contributed by atoms with E-state index in [2.05, 4.69) is 5.16 Å². The molecule has 0 saturated heterocycles. The molecule has 22 heavy (non-hydrogen) atoms. The maximum atomic E-state index is 8.86. The minimum atomic E-state index is 0.0807. The summed E-state index contributed by atoms with van der Waals surface area (Å²) in [5.41, 5.74) is 7.24. The zero-order valence-electron chi connectivity index (χ0n) is 11.9. The zero-order valence-corrected chi connectivity index (χ0v) is 11.9. The summed E-state index contributed by atoms with van der Waals surface area (Å²) >= 11 is 0. The van der Waals surface area contributed by atoms with Crippen molar-refractivity contribution in [3.63, 3.8) is 0 Å². The van der Waals surface area contributed by atoms with Gasteiger partial charge in [-0.3, -0.25) is 0 Å². The molecule has 4 nitrogen and oxygen atoms in total. The highest BCUT2D eigenvalue weighted by atomic mass is 16.5. The quantitative estimate of drug-likeness (QED) is 0.334. The molecule has 3 aromatic rings. The summed E-state index contributed by atoms with van der Waals surface area (Å²) in [5, 5.41) is 14.1. The highest BCUT2D eigenvalue weighted by molar-refractivity contribution is 5.98. The molecule has 0 spiro atoms. The summed E-state index contributed by atoms with van der Waals surface area (Å²) < 4.78 is 5.95. The summed E-state index contributed by atoms with van der Waals surface area (Å²) in [4.78, 5) is 0. The van der Waals surface area contributed by atoms with Crippen molar-refractivity contribution in [3.8, 4) is 5.75 Å². The van der Waals surface area contributed by atoms with E-state index in [4.69, 9.17) is 15.7 Å². The van der Waals surface area contributed by atoms with Gasteiger partial charge in [0.15, 0.2) is 5.84 Å². The second-order valence-electron chi connectivity index (χ2n) is 4.91. The Balaban J connectivity index is 1.89. The summed E-state index contributed by atoms with van der Waals surface area (Å²) in [6, 6.07) is 21.5. The van der Waals surface area contributed by atoms with Gasteiger partial charge in [-0.25, -0.2) is 0 Å². The largest absolute Gasteiger partial charge is 0.488 e. The van der Waals surface area contributed by atoms with Crippen molar-refractivity contribution in [3.05, 3.63) is 77.9 Å². The lowest BCUT2D eigenvalue weighted by Gasteiger charge is -2.12. The Morgan fingerprint density at radius 3 is 2.55 bits per heavy atom. The van der Waals surface area contributed by atoms with Crippen molar-refractivity contribution in [2.24, 2.45) is 10.9 Å². The van der Waals surface area contributed by atoms with Crippen LogP contribution in [0.5, 0.6) is 5.75 Å². The number of hydrogen-bond acceptors (Lipinski definition) is 3. The maximum absolute atomic E-state index is 8.86. The third-order valence-electron chi connectivity index (χ3n) is 3.53. The topological polar surface area (TPSA) is 67.8 Å². The predicted molar refractivity (Wildman–Crippen MR) is 87.2 cm³/mol. The monoisotopic (exact) mass is 292 g/mol. The molecule has 0 fully saturated rings. The molecule has 0 aromatic heterocycles. The van der Waals surface area contributed by atoms with Crippen molar-refractivity contribution in [2.45, 2.75) is 6.61 Å². The molecule has 3 aromatic carbocycles. The number of hydrogen-bond donors (Lipinski definition) is 2. The van der Waals surface area contributed by atoms with E-state index in [9.17, 15) is 0 Å². The van der Waals surface area contributed by atoms with Crippen molar-refractivity contribution in [1.82, 2.24) is 0 Å². The number of ether oxygens (including phenoxy) is 1. The Kier molecular flexibility index (Phi) is 3.92. The Morgan fingerprint density at radius 2 is 1.68 bits per heavy atom. The summed E-state index contributed by atoms with van der Waals surface area (Å²) in [5.74, 6) is 0.893. The average molecular weight is 292 g/mol. The first kappa shape index (κ1) is 13.9. The maximum Gasteiger partial charge on any atom is 0.170 e. The van der Waals surface area contributed by atoms with Crippen LogP contribution in [0.2, 0.25) is 0 Å². The lowest BCUT2D eigenvalue weighted by atomic mass is 10.1. The third-order valence-corrected chi connectivity index (χ3v) is 3.53. The number of fused-ring (bicyclic) bond motifs is 1. The fraction of sp³-hybridized carbons (Fsp3) is 0.0556. The van der Waals surface area contributed by atoms with Crippen LogP contribution in [0.3, 0.4) is 0 Å². The van der Waals surface area contributed by atoms with Gasteiger partial charge in [-0.2, -0.15) is 0 Å². The molecule has 0 atom stereocenters. The normalized spacial score (nSPS) is 11.5. The van der Waals surface area contributed by atoms with Crippen LogP contribution >= 0.6 is 0 Å². The molecule has 0 saturated carbocycles. The smallest absolute Gasteiger partial charge is 0.170 e. The minimum absolute atomic E-state index is 0.0807. The Hall–Kier alpha value is -3.01. The second-order valence-corrected chi connectivity index (χ2v) is 4.91. The first-order valence-electron chi connectivity index (χ1n) is 6.96. The van der Waals surface area contributed by atoms with E-state index in [1.807, 2.05) is 60.7 Å².